The number of rotatable bonds is 5. The fraction of sp³-hybridized carbons (Fsp3) is 0.458. The quantitative estimate of drug-likeness (QED) is 0.737. The maximum Gasteiger partial charge on any atom is 0.297 e. The number of allylic oxidation sites excluding steroid dienone is 3. The molecule has 0 radical (unpaired) electrons. The monoisotopic (exact) mass is 437 g/mol. The van der Waals surface area contributed by atoms with Crippen molar-refractivity contribution in [1.29, 1.82) is 0 Å². The third-order valence-electron chi connectivity index (χ3n) is 5.93. The van der Waals surface area contributed by atoms with Crippen molar-refractivity contribution in [1.82, 2.24) is 9.99 Å². The first-order valence-electron chi connectivity index (χ1n) is 10.9. The SMILES string of the molecule is CC1=CC(O)N(CC(=O)Nc2ccc3oc(N(C)C)nc3c2)N=C1C1=CCC(C)(C)CC1. The van der Waals surface area contributed by atoms with Gasteiger partial charge in [-0.1, -0.05) is 19.9 Å². The molecule has 2 heterocycles. The van der Waals surface area contributed by atoms with Crippen LogP contribution >= 0.6 is 0 Å². The normalized spacial score (nSPS) is 20.5. The van der Waals surface area contributed by atoms with Crippen LogP contribution in [-0.2, 0) is 4.79 Å². The van der Waals surface area contributed by atoms with Crippen LogP contribution in [0.2, 0.25) is 0 Å². The Kier molecular flexibility index (Phi) is 5.81. The Labute approximate surface area is 188 Å². The lowest BCUT2D eigenvalue weighted by atomic mass is 9.77. The highest BCUT2D eigenvalue weighted by molar-refractivity contribution is 6.12. The van der Waals surface area contributed by atoms with Crippen molar-refractivity contribution in [3.05, 3.63) is 41.5 Å². The molecule has 0 saturated heterocycles. The van der Waals surface area contributed by atoms with E-state index in [-0.39, 0.29) is 12.5 Å². The number of hydrogen-bond acceptors (Lipinski definition) is 7. The summed E-state index contributed by atoms with van der Waals surface area (Å²) in [5.41, 5.74) is 5.21. The number of anilines is 2. The zero-order chi connectivity index (χ0) is 23.0. The van der Waals surface area contributed by atoms with Gasteiger partial charge in [0, 0.05) is 19.8 Å². The van der Waals surface area contributed by atoms with E-state index in [0.29, 0.717) is 28.2 Å². The van der Waals surface area contributed by atoms with Crippen LogP contribution in [-0.4, -0.2) is 53.6 Å². The number of hydrogen-bond donors (Lipinski definition) is 2. The molecule has 1 atom stereocenters. The lowest BCUT2D eigenvalue weighted by Crippen LogP contribution is -2.40. The molecule has 1 aromatic carbocycles. The molecule has 2 N–H and O–H groups in total. The molecule has 1 aliphatic carbocycles. The number of aliphatic hydroxyl groups excluding tert-OH is 1. The third kappa shape index (κ3) is 4.70. The van der Waals surface area contributed by atoms with Gasteiger partial charge in [-0.25, -0.2) is 0 Å². The maximum atomic E-state index is 12.7. The summed E-state index contributed by atoms with van der Waals surface area (Å²) < 4.78 is 5.65. The molecule has 32 heavy (non-hydrogen) atoms. The molecular weight excluding hydrogens is 406 g/mol. The number of aromatic nitrogens is 1. The van der Waals surface area contributed by atoms with Crippen molar-refractivity contribution in [2.24, 2.45) is 10.5 Å². The highest BCUT2D eigenvalue weighted by atomic mass is 16.4. The number of fused-ring (bicyclic) bond motifs is 1. The number of carbonyl (C=O) groups excluding carboxylic acids is 1. The second kappa shape index (κ2) is 8.43. The molecule has 170 valence electrons. The second-order valence-corrected chi connectivity index (χ2v) is 9.53. The van der Waals surface area contributed by atoms with Crippen LogP contribution in [0.3, 0.4) is 0 Å². The summed E-state index contributed by atoms with van der Waals surface area (Å²) in [7, 11) is 3.71. The average molecular weight is 438 g/mol. The number of benzene rings is 1. The van der Waals surface area contributed by atoms with Gasteiger partial charge in [-0.05, 0) is 67.0 Å². The van der Waals surface area contributed by atoms with E-state index < -0.39 is 6.23 Å². The molecule has 2 aliphatic rings. The van der Waals surface area contributed by atoms with Gasteiger partial charge in [0.2, 0.25) is 5.91 Å². The van der Waals surface area contributed by atoms with Gasteiger partial charge >= 0.3 is 0 Å². The fourth-order valence-electron chi connectivity index (χ4n) is 3.93. The number of oxazole rings is 1. The van der Waals surface area contributed by atoms with Crippen LogP contribution in [0.4, 0.5) is 11.7 Å². The Morgan fingerprint density at radius 1 is 1.38 bits per heavy atom. The van der Waals surface area contributed by atoms with Crippen molar-refractivity contribution in [2.75, 3.05) is 30.9 Å². The lowest BCUT2D eigenvalue weighted by Gasteiger charge is -2.32. The van der Waals surface area contributed by atoms with Gasteiger partial charge in [0.05, 0.1) is 5.71 Å². The van der Waals surface area contributed by atoms with Crippen LogP contribution in [0.5, 0.6) is 0 Å². The fourth-order valence-corrected chi connectivity index (χ4v) is 3.93. The summed E-state index contributed by atoms with van der Waals surface area (Å²) in [5.74, 6) is -0.269. The standard InChI is InChI=1S/C24H31N5O3/c1-15-12-21(31)29(27-22(15)16-8-10-24(2,3)11-9-16)14-20(30)25-17-6-7-19-18(13-17)26-23(32-19)28(4)5/h6-8,12-13,21,31H,9-11,14H2,1-5H3,(H,25,30). The van der Waals surface area contributed by atoms with Crippen LogP contribution < -0.4 is 10.2 Å². The van der Waals surface area contributed by atoms with Gasteiger partial charge in [-0.15, -0.1) is 0 Å². The summed E-state index contributed by atoms with van der Waals surface area (Å²) in [6.45, 7) is 6.43. The molecule has 0 saturated carbocycles. The van der Waals surface area contributed by atoms with E-state index in [0.717, 1.165) is 30.5 Å². The Hall–Kier alpha value is -3.13. The van der Waals surface area contributed by atoms with Crippen LogP contribution in [0.25, 0.3) is 11.1 Å². The molecule has 1 aromatic heterocycles. The molecule has 1 aliphatic heterocycles. The Morgan fingerprint density at radius 3 is 2.84 bits per heavy atom. The Balaban J connectivity index is 1.47. The molecule has 0 spiro atoms. The van der Waals surface area contributed by atoms with Gasteiger partial charge in [-0.2, -0.15) is 10.1 Å². The van der Waals surface area contributed by atoms with Gasteiger partial charge in [0.1, 0.15) is 12.1 Å². The van der Waals surface area contributed by atoms with Crippen LogP contribution in [0, 0.1) is 5.41 Å². The number of nitrogens with one attached hydrogen (secondary N) is 1. The zero-order valence-corrected chi connectivity index (χ0v) is 19.3. The first-order chi connectivity index (χ1) is 15.1. The summed E-state index contributed by atoms with van der Waals surface area (Å²) in [6.07, 6.45) is 6.09. The highest BCUT2D eigenvalue weighted by Gasteiger charge is 2.28. The molecule has 8 heteroatoms. The Bertz CT molecular complexity index is 1130. The number of hydrazone groups is 1. The minimum absolute atomic E-state index is 0.0625. The molecule has 0 bridgehead atoms. The molecule has 1 unspecified atom stereocenters. The topological polar surface area (TPSA) is 94.2 Å². The van der Waals surface area contributed by atoms with Crippen molar-refractivity contribution >= 4 is 34.4 Å². The van der Waals surface area contributed by atoms with E-state index in [2.05, 4.69) is 35.3 Å². The lowest BCUT2D eigenvalue weighted by molar-refractivity contribution is -0.119. The van der Waals surface area contributed by atoms with E-state index in [1.54, 1.807) is 29.2 Å². The summed E-state index contributed by atoms with van der Waals surface area (Å²) in [4.78, 5) is 18.9. The number of carbonyl (C=O) groups is 1. The minimum Gasteiger partial charge on any atom is -0.423 e. The third-order valence-corrected chi connectivity index (χ3v) is 5.93. The van der Waals surface area contributed by atoms with E-state index in [1.165, 1.54) is 10.6 Å². The van der Waals surface area contributed by atoms with Gasteiger partial charge < -0.3 is 19.7 Å². The number of amides is 1. The summed E-state index contributed by atoms with van der Waals surface area (Å²) in [6, 6.07) is 5.82. The first-order valence-corrected chi connectivity index (χ1v) is 10.9. The zero-order valence-electron chi connectivity index (χ0n) is 19.3. The summed E-state index contributed by atoms with van der Waals surface area (Å²) >= 11 is 0. The highest BCUT2D eigenvalue weighted by Crippen LogP contribution is 2.36. The van der Waals surface area contributed by atoms with Gasteiger partial charge in [0.25, 0.3) is 6.01 Å². The van der Waals surface area contributed by atoms with E-state index >= 15 is 0 Å². The average Bonchev–Trinajstić information content (AvgIpc) is 3.14. The van der Waals surface area contributed by atoms with E-state index in [9.17, 15) is 9.90 Å². The van der Waals surface area contributed by atoms with Crippen LogP contribution in [0.1, 0.15) is 40.0 Å². The minimum atomic E-state index is -0.939. The van der Waals surface area contributed by atoms with Gasteiger partial charge in [-0.3, -0.25) is 9.80 Å². The first kappa shape index (κ1) is 22.1. The largest absolute Gasteiger partial charge is 0.423 e. The molecular formula is C24H31N5O3. The summed E-state index contributed by atoms with van der Waals surface area (Å²) in [5, 5.41) is 19.4. The van der Waals surface area contributed by atoms with E-state index in [1.807, 2.05) is 21.0 Å². The van der Waals surface area contributed by atoms with Gasteiger partial charge in [0.15, 0.2) is 11.8 Å². The second-order valence-electron chi connectivity index (χ2n) is 9.53. The molecule has 1 amide bonds. The predicted molar refractivity (Wildman–Crippen MR) is 127 cm³/mol. The molecule has 4 rings (SSSR count). The Morgan fingerprint density at radius 2 is 2.16 bits per heavy atom. The molecule has 0 fully saturated rings. The van der Waals surface area contributed by atoms with Crippen LogP contribution in [0.15, 0.2) is 51.0 Å². The molecule has 8 nitrogen and oxygen atoms in total. The smallest absolute Gasteiger partial charge is 0.297 e. The predicted octanol–water partition coefficient (Wildman–Crippen LogP) is 3.91. The van der Waals surface area contributed by atoms with Crippen molar-refractivity contribution < 1.29 is 14.3 Å². The van der Waals surface area contributed by atoms with Crippen molar-refractivity contribution in [2.45, 2.75) is 46.3 Å². The maximum absolute atomic E-state index is 12.7. The van der Waals surface area contributed by atoms with E-state index in [4.69, 9.17) is 4.42 Å². The number of aliphatic hydroxyl groups is 1. The van der Waals surface area contributed by atoms with Crippen molar-refractivity contribution in [3.63, 3.8) is 0 Å². The number of nitrogens with zero attached hydrogens (tertiary/aromatic N) is 4. The van der Waals surface area contributed by atoms with Crippen molar-refractivity contribution in [3.8, 4) is 0 Å². The molecule has 2 aromatic rings.